The average molecular weight is 365 g/mol. The first-order valence-electron chi connectivity index (χ1n) is 8.42. The highest BCUT2D eigenvalue weighted by Crippen LogP contribution is 2.50. The van der Waals surface area contributed by atoms with Gasteiger partial charge in [0.25, 0.3) is 0 Å². The summed E-state index contributed by atoms with van der Waals surface area (Å²) >= 11 is 1.72. The van der Waals surface area contributed by atoms with Crippen LogP contribution in [0.2, 0.25) is 0 Å². The van der Waals surface area contributed by atoms with Gasteiger partial charge in [-0.3, -0.25) is 4.79 Å². The van der Waals surface area contributed by atoms with Gasteiger partial charge in [-0.2, -0.15) is 0 Å². The zero-order chi connectivity index (χ0) is 18.1. The summed E-state index contributed by atoms with van der Waals surface area (Å²) in [6.07, 6.45) is 1.63. The number of methoxy groups -OCH3 is 1. The van der Waals surface area contributed by atoms with Crippen LogP contribution in [0.3, 0.4) is 0 Å². The summed E-state index contributed by atoms with van der Waals surface area (Å²) in [5, 5.41) is -0.0536. The summed E-state index contributed by atoms with van der Waals surface area (Å²) in [6.45, 7) is 1.46. The van der Waals surface area contributed by atoms with Crippen molar-refractivity contribution in [3.63, 3.8) is 0 Å². The van der Waals surface area contributed by atoms with Crippen LogP contribution < -0.4 is 4.74 Å². The Labute approximate surface area is 156 Å². The van der Waals surface area contributed by atoms with E-state index in [4.69, 9.17) is 9.47 Å². The van der Waals surface area contributed by atoms with E-state index in [0.29, 0.717) is 0 Å². The molecule has 0 amide bonds. The van der Waals surface area contributed by atoms with Crippen LogP contribution >= 0.6 is 11.8 Å². The molecule has 0 saturated carbocycles. The van der Waals surface area contributed by atoms with Crippen molar-refractivity contribution < 1.29 is 14.3 Å². The van der Waals surface area contributed by atoms with Crippen LogP contribution in [0.1, 0.15) is 29.5 Å². The number of carbonyl (C=O) groups is 1. The predicted octanol–water partition coefficient (Wildman–Crippen LogP) is 4.94. The lowest BCUT2D eigenvalue weighted by molar-refractivity contribution is -0.147. The lowest BCUT2D eigenvalue weighted by atomic mass is 10.0. The minimum absolute atomic E-state index is 0.0536. The number of ether oxygens (including phenoxy) is 2. The highest BCUT2D eigenvalue weighted by Gasteiger charge is 2.34. The predicted molar refractivity (Wildman–Crippen MR) is 102 cm³/mol. The number of esters is 1. The van der Waals surface area contributed by atoms with Crippen LogP contribution in [0.5, 0.6) is 5.75 Å². The largest absolute Gasteiger partial charge is 0.497 e. The van der Waals surface area contributed by atoms with Gasteiger partial charge in [-0.25, -0.2) is 0 Å². The lowest BCUT2D eigenvalue weighted by Crippen LogP contribution is -2.16. The van der Waals surface area contributed by atoms with Gasteiger partial charge in [0.15, 0.2) is 6.10 Å². The topological polar surface area (TPSA) is 40.5 Å². The first-order chi connectivity index (χ1) is 12.7. The van der Waals surface area contributed by atoms with Crippen molar-refractivity contribution in [2.75, 3.05) is 7.11 Å². The molecule has 0 bridgehead atoms. The Kier molecular flexibility index (Phi) is 4.47. The smallest absolute Gasteiger partial charge is 0.303 e. The Hall–Kier alpha value is -2.66. The number of hydrogen-bond donors (Lipinski definition) is 0. The Morgan fingerprint density at radius 2 is 1.81 bits per heavy atom. The lowest BCUT2D eigenvalue weighted by Gasteiger charge is -2.25. The van der Waals surface area contributed by atoms with Crippen molar-refractivity contribution in [2.24, 2.45) is 0 Å². The summed E-state index contributed by atoms with van der Waals surface area (Å²) in [6, 6.07) is 20.2. The minimum Gasteiger partial charge on any atom is -0.497 e. The first-order valence-corrected chi connectivity index (χ1v) is 9.30. The fraction of sp³-hybridized carbons (Fsp3) is 0.190. The second-order valence-electron chi connectivity index (χ2n) is 6.11. The molecule has 1 aliphatic rings. The van der Waals surface area contributed by atoms with Gasteiger partial charge in [0.1, 0.15) is 5.75 Å². The quantitative estimate of drug-likeness (QED) is 0.617. The van der Waals surface area contributed by atoms with E-state index >= 15 is 0 Å². The van der Waals surface area contributed by atoms with Crippen molar-refractivity contribution >= 4 is 17.7 Å². The van der Waals surface area contributed by atoms with Gasteiger partial charge in [-0.15, -0.1) is 11.8 Å². The van der Waals surface area contributed by atoms with Crippen molar-refractivity contribution in [2.45, 2.75) is 23.2 Å². The maximum absolute atomic E-state index is 11.8. The van der Waals surface area contributed by atoms with Crippen LogP contribution in [0.15, 0.2) is 71.8 Å². The first kappa shape index (κ1) is 16.8. The number of carbonyl (C=O) groups excluding carboxylic acids is 1. The highest BCUT2D eigenvalue weighted by atomic mass is 32.2. The van der Waals surface area contributed by atoms with E-state index in [0.717, 1.165) is 27.6 Å². The molecular weight excluding hydrogens is 346 g/mol. The van der Waals surface area contributed by atoms with Gasteiger partial charge in [0, 0.05) is 18.0 Å². The SMILES string of the molecule is COc1ccc([C@H]2Sc3ccccc3-n3cccc3[C@H]2OC(C)=O)cc1. The van der Waals surface area contributed by atoms with E-state index in [9.17, 15) is 4.79 Å². The van der Waals surface area contributed by atoms with Gasteiger partial charge in [-0.05, 0) is 42.0 Å². The second-order valence-corrected chi connectivity index (χ2v) is 7.30. The molecule has 1 aromatic heterocycles. The van der Waals surface area contributed by atoms with Crippen molar-refractivity contribution in [1.29, 1.82) is 0 Å². The molecule has 4 nitrogen and oxygen atoms in total. The monoisotopic (exact) mass is 365 g/mol. The van der Waals surface area contributed by atoms with Crippen molar-refractivity contribution in [1.82, 2.24) is 4.57 Å². The van der Waals surface area contributed by atoms with E-state index in [1.54, 1.807) is 18.9 Å². The average Bonchev–Trinajstić information content (AvgIpc) is 3.10. The van der Waals surface area contributed by atoms with Gasteiger partial charge in [0.05, 0.1) is 23.7 Å². The highest BCUT2D eigenvalue weighted by molar-refractivity contribution is 7.99. The molecule has 2 aromatic carbocycles. The third-order valence-electron chi connectivity index (χ3n) is 4.46. The number of aromatic nitrogens is 1. The fourth-order valence-electron chi connectivity index (χ4n) is 3.29. The van der Waals surface area contributed by atoms with E-state index < -0.39 is 0 Å². The zero-order valence-corrected chi connectivity index (χ0v) is 15.4. The number of rotatable bonds is 3. The Morgan fingerprint density at radius 3 is 2.54 bits per heavy atom. The molecule has 132 valence electrons. The Morgan fingerprint density at radius 1 is 1.04 bits per heavy atom. The molecule has 0 unspecified atom stereocenters. The molecule has 2 heterocycles. The fourth-order valence-corrected chi connectivity index (χ4v) is 4.62. The molecule has 0 spiro atoms. The van der Waals surface area contributed by atoms with Crippen LogP contribution in [0.4, 0.5) is 0 Å². The van der Waals surface area contributed by atoms with Crippen LogP contribution in [-0.2, 0) is 9.53 Å². The second kappa shape index (κ2) is 6.92. The number of thioether (sulfide) groups is 1. The van der Waals surface area contributed by atoms with Crippen LogP contribution in [-0.4, -0.2) is 17.6 Å². The minimum atomic E-state index is -0.381. The number of fused-ring (bicyclic) bond motifs is 3. The normalized spacial score (nSPS) is 18.4. The van der Waals surface area contributed by atoms with E-state index in [2.05, 4.69) is 16.7 Å². The van der Waals surface area contributed by atoms with Crippen LogP contribution in [0, 0.1) is 0 Å². The number of hydrogen-bond acceptors (Lipinski definition) is 4. The molecule has 0 N–H and O–H groups in total. The standard InChI is InChI=1S/C21H19NO3S/c1-14(23)25-20-18-7-5-13-22(18)17-6-3-4-8-19(17)26-21(20)15-9-11-16(24-2)12-10-15/h3-13,20-21H,1-2H3/t20-,21-/m1/s1. The van der Waals surface area contributed by atoms with E-state index in [1.165, 1.54) is 6.92 Å². The summed E-state index contributed by atoms with van der Waals surface area (Å²) in [5.74, 6) is 0.521. The van der Waals surface area contributed by atoms with E-state index in [1.807, 2.05) is 54.7 Å². The maximum atomic E-state index is 11.8. The summed E-state index contributed by atoms with van der Waals surface area (Å²) in [4.78, 5) is 13.0. The summed E-state index contributed by atoms with van der Waals surface area (Å²) in [5.41, 5.74) is 3.16. The Balaban J connectivity index is 1.86. The molecule has 0 radical (unpaired) electrons. The van der Waals surface area contributed by atoms with Gasteiger partial charge in [0.2, 0.25) is 0 Å². The molecule has 4 rings (SSSR count). The van der Waals surface area contributed by atoms with Crippen LogP contribution in [0.25, 0.3) is 5.69 Å². The molecule has 5 heteroatoms. The van der Waals surface area contributed by atoms with Gasteiger partial charge in [-0.1, -0.05) is 24.3 Å². The number of para-hydroxylation sites is 1. The molecule has 26 heavy (non-hydrogen) atoms. The molecule has 1 aliphatic heterocycles. The third kappa shape index (κ3) is 2.99. The molecule has 2 atom stereocenters. The summed E-state index contributed by atoms with van der Waals surface area (Å²) in [7, 11) is 1.65. The molecular formula is C21H19NO3S. The number of benzene rings is 2. The van der Waals surface area contributed by atoms with Crippen molar-refractivity contribution in [3.05, 3.63) is 78.1 Å². The molecule has 0 aliphatic carbocycles. The zero-order valence-electron chi connectivity index (χ0n) is 14.6. The van der Waals surface area contributed by atoms with Crippen molar-refractivity contribution in [3.8, 4) is 11.4 Å². The van der Waals surface area contributed by atoms with Gasteiger partial charge < -0.3 is 14.0 Å². The number of nitrogens with zero attached hydrogens (tertiary/aromatic N) is 1. The van der Waals surface area contributed by atoms with Gasteiger partial charge >= 0.3 is 5.97 Å². The Bertz CT molecular complexity index is 932. The molecule has 0 fully saturated rings. The summed E-state index contributed by atoms with van der Waals surface area (Å²) < 4.78 is 13.2. The maximum Gasteiger partial charge on any atom is 0.303 e. The molecule has 3 aromatic rings. The third-order valence-corrected chi connectivity index (χ3v) is 5.84. The van der Waals surface area contributed by atoms with E-state index in [-0.39, 0.29) is 17.3 Å². The molecule has 0 saturated heterocycles.